The van der Waals surface area contributed by atoms with Gasteiger partial charge in [0.25, 0.3) is 5.91 Å². The van der Waals surface area contributed by atoms with Crippen LogP contribution in [0.5, 0.6) is 0 Å². The fourth-order valence-corrected chi connectivity index (χ4v) is 1.92. The Labute approximate surface area is 136 Å². The highest BCUT2D eigenvalue weighted by molar-refractivity contribution is 5.93. The van der Waals surface area contributed by atoms with Crippen molar-refractivity contribution in [3.8, 4) is 0 Å². The summed E-state index contributed by atoms with van der Waals surface area (Å²) >= 11 is 0. The molecule has 2 aromatic rings. The molecule has 2 N–H and O–H groups in total. The molecule has 0 fully saturated rings. The average Bonchev–Trinajstić information content (AvgIpc) is 2.58. The van der Waals surface area contributed by atoms with Crippen LogP contribution in [0.4, 0.5) is 5.95 Å². The number of carbonyl (C=O) groups is 1. The lowest BCUT2D eigenvalue weighted by Crippen LogP contribution is -2.27. The zero-order valence-electron chi connectivity index (χ0n) is 13.5. The number of pyridine rings is 1. The molecule has 1 amide bonds. The first-order chi connectivity index (χ1) is 11.1. The second-order valence-corrected chi connectivity index (χ2v) is 5.42. The van der Waals surface area contributed by atoms with Crippen LogP contribution in [0.1, 0.15) is 22.3 Å². The van der Waals surface area contributed by atoms with Crippen LogP contribution in [0.2, 0.25) is 0 Å². The van der Waals surface area contributed by atoms with Crippen LogP contribution < -0.4 is 10.6 Å². The van der Waals surface area contributed by atoms with Crippen molar-refractivity contribution in [2.75, 3.05) is 32.5 Å². The van der Waals surface area contributed by atoms with Gasteiger partial charge in [-0.25, -0.2) is 9.97 Å². The number of hydrogen-bond donors (Lipinski definition) is 2. The van der Waals surface area contributed by atoms with E-state index in [1.165, 1.54) is 12.4 Å². The molecule has 2 rings (SSSR count). The quantitative estimate of drug-likeness (QED) is 0.712. The van der Waals surface area contributed by atoms with E-state index in [1.807, 2.05) is 26.2 Å². The molecule has 0 saturated carbocycles. The summed E-state index contributed by atoms with van der Waals surface area (Å²) in [5.74, 6) is 0.343. The summed E-state index contributed by atoms with van der Waals surface area (Å²) in [6.45, 7) is 2.19. The SMILES string of the molecule is CN(C)CCCNC(=O)c1cnc(NCc2ccncc2)nc1. The van der Waals surface area contributed by atoms with Gasteiger partial charge >= 0.3 is 0 Å². The van der Waals surface area contributed by atoms with E-state index in [0.29, 0.717) is 24.6 Å². The molecule has 0 unspecified atom stereocenters. The lowest BCUT2D eigenvalue weighted by molar-refractivity contribution is 0.0951. The molecule has 2 aromatic heterocycles. The maximum Gasteiger partial charge on any atom is 0.254 e. The largest absolute Gasteiger partial charge is 0.352 e. The monoisotopic (exact) mass is 314 g/mol. The van der Waals surface area contributed by atoms with Crippen molar-refractivity contribution >= 4 is 11.9 Å². The third kappa shape index (κ3) is 5.99. The number of nitrogens with zero attached hydrogens (tertiary/aromatic N) is 4. The van der Waals surface area contributed by atoms with Crippen LogP contribution in [-0.4, -0.2) is 52.9 Å². The van der Waals surface area contributed by atoms with Gasteiger partial charge in [0.1, 0.15) is 0 Å². The Bertz CT molecular complexity index is 600. The Morgan fingerprint density at radius 2 is 1.87 bits per heavy atom. The third-order valence-electron chi connectivity index (χ3n) is 3.18. The minimum Gasteiger partial charge on any atom is -0.352 e. The van der Waals surface area contributed by atoms with Gasteiger partial charge < -0.3 is 15.5 Å². The van der Waals surface area contributed by atoms with Crippen molar-refractivity contribution in [1.29, 1.82) is 0 Å². The molecule has 7 heteroatoms. The van der Waals surface area contributed by atoms with E-state index in [-0.39, 0.29) is 5.91 Å². The number of hydrogen-bond acceptors (Lipinski definition) is 6. The van der Waals surface area contributed by atoms with Crippen molar-refractivity contribution < 1.29 is 4.79 Å². The molecule has 0 aromatic carbocycles. The molecule has 0 atom stereocenters. The summed E-state index contributed by atoms with van der Waals surface area (Å²) in [7, 11) is 4.01. The van der Waals surface area contributed by atoms with Gasteiger partial charge in [-0.1, -0.05) is 0 Å². The summed E-state index contributed by atoms with van der Waals surface area (Å²) in [5, 5.41) is 5.96. The van der Waals surface area contributed by atoms with E-state index in [9.17, 15) is 4.79 Å². The first-order valence-corrected chi connectivity index (χ1v) is 7.53. The molecule has 0 saturated heterocycles. The van der Waals surface area contributed by atoms with Gasteiger partial charge in [0.2, 0.25) is 5.95 Å². The van der Waals surface area contributed by atoms with Gasteiger partial charge in [-0.3, -0.25) is 9.78 Å². The van der Waals surface area contributed by atoms with Crippen LogP contribution >= 0.6 is 0 Å². The van der Waals surface area contributed by atoms with Gasteiger partial charge in [-0.15, -0.1) is 0 Å². The van der Waals surface area contributed by atoms with Gasteiger partial charge in [0.05, 0.1) is 5.56 Å². The Morgan fingerprint density at radius 1 is 1.17 bits per heavy atom. The smallest absolute Gasteiger partial charge is 0.254 e. The van der Waals surface area contributed by atoms with Gasteiger partial charge in [0.15, 0.2) is 0 Å². The van der Waals surface area contributed by atoms with Crippen LogP contribution in [0.25, 0.3) is 0 Å². The molecule has 2 heterocycles. The van der Waals surface area contributed by atoms with E-state index >= 15 is 0 Å². The van der Waals surface area contributed by atoms with Crippen LogP contribution in [0.3, 0.4) is 0 Å². The summed E-state index contributed by atoms with van der Waals surface area (Å²) in [6.07, 6.45) is 7.45. The number of carbonyl (C=O) groups excluding carboxylic acids is 1. The molecule has 0 bridgehead atoms. The third-order valence-corrected chi connectivity index (χ3v) is 3.18. The lowest BCUT2D eigenvalue weighted by atomic mass is 10.3. The molecular weight excluding hydrogens is 292 g/mol. The van der Waals surface area contributed by atoms with E-state index in [1.54, 1.807) is 12.4 Å². The van der Waals surface area contributed by atoms with Crippen molar-refractivity contribution in [2.24, 2.45) is 0 Å². The lowest BCUT2D eigenvalue weighted by Gasteiger charge is -2.10. The highest BCUT2D eigenvalue weighted by Crippen LogP contribution is 2.03. The van der Waals surface area contributed by atoms with E-state index in [2.05, 4.69) is 30.5 Å². The predicted molar refractivity (Wildman–Crippen MR) is 89.1 cm³/mol. The Balaban J connectivity index is 1.78. The van der Waals surface area contributed by atoms with E-state index in [4.69, 9.17) is 0 Å². The van der Waals surface area contributed by atoms with Gasteiger partial charge in [0, 0.05) is 37.9 Å². The fraction of sp³-hybridized carbons (Fsp3) is 0.375. The molecule has 23 heavy (non-hydrogen) atoms. The second kappa shape index (κ2) is 8.79. The molecule has 0 aliphatic heterocycles. The van der Waals surface area contributed by atoms with E-state index < -0.39 is 0 Å². The van der Waals surface area contributed by atoms with Gasteiger partial charge in [-0.05, 0) is 44.8 Å². The van der Waals surface area contributed by atoms with E-state index in [0.717, 1.165) is 18.5 Å². The molecule has 0 aliphatic rings. The number of aromatic nitrogens is 3. The first kappa shape index (κ1) is 16.8. The Hall–Kier alpha value is -2.54. The summed E-state index contributed by atoms with van der Waals surface area (Å²) < 4.78 is 0. The highest BCUT2D eigenvalue weighted by atomic mass is 16.1. The zero-order valence-corrected chi connectivity index (χ0v) is 13.5. The predicted octanol–water partition coefficient (Wildman–Crippen LogP) is 1.17. The Morgan fingerprint density at radius 3 is 2.52 bits per heavy atom. The summed E-state index contributed by atoms with van der Waals surface area (Å²) in [6, 6.07) is 3.84. The maximum atomic E-state index is 11.9. The van der Waals surface area contributed by atoms with Crippen LogP contribution in [-0.2, 0) is 6.54 Å². The number of nitrogens with one attached hydrogen (secondary N) is 2. The van der Waals surface area contributed by atoms with Crippen molar-refractivity contribution in [1.82, 2.24) is 25.2 Å². The molecule has 7 nitrogen and oxygen atoms in total. The molecular formula is C16H22N6O. The molecule has 122 valence electrons. The maximum absolute atomic E-state index is 11.9. The Kier molecular flexibility index (Phi) is 6.43. The van der Waals surface area contributed by atoms with Crippen molar-refractivity contribution in [2.45, 2.75) is 13.0 Å². The van der Waals surface area contributed by atoms with Crippen molar-refractivity contribution in [3.05, 3.63) is 48.0 Å². The number of rotatable bonds is 8. The zero-order chi connectivity index (χ0) is 16.5. The fourth-order valence-electron chi connectivity index (χ4n) is 1.92. The number of amides is 1. The minimum absolute atomic E-state index is 0.149. The topological polar surface area (TPSA) is 83.0 Å². The summed E-state index contributed by atoms with van der Waals surface area (Å²) in [4.78, 5) is 26.3. The normalized spacial score (nSPS) is 10.6. The van der Waals surface area contributed by atoms with Crippen LogP contribution in [0, 0.1) is 0 Å². The highest BCUT2D eigenvalue weighted by Gasteiger charge is 2.06. The van der Waals surface area contributed by atoms with Crippen LogP contribution in [0.15, 0.2) is 36.9 Å². The second-order valence-electron chi connectivity index (χ2n) is 5.42. The first-order valence-electron chi connectivity index (χ1n) is 7.53. The summed E-state index contributed by atoms with van der Waals surface area (Å²) in [5.41, 5.74) is 1.55. The van der Waals surface area contributed by atoms with Gasteiger partial charge in [-0.2, -0.15) is 0 Å². The van der Waals surface area contributed by atoms with Crippen molar-refractivity contribution in [3.63, 3.8) is 0 Å². The molecule has 0 aliphatic carbocycles. The standard InChI is InChI=1S/C16H22N6O/c1-22(2)9-3-6-18-15(23)14-11-20-16(21-12-14)19-10-13-4-7-17-8-5-13/h4-5,7-8,11-12H,3,6,9-10H2,1-2H3,(H,18,23)(H,19,20,21). The minimum atomic E-state index is -0.149. The molecule has 0 spiro atoms. The average molecular weight is 314 g/mol. The number of anilines is 1. The molecule has 0 radical (unpaired) electrons.